The lowest BCUT2D eigenvalue weighted by Gasteiger charge is -2.18. The van der Waals surface area contributed by atoms with E-state index in [0.29, 0.717) is 15.6 Å². The molecule has 136 valence electrons. The Morgan fingerprint density at radius 3 is 2.44 bits per heavy atom. The van der Waals surface area contributed by atoms with Crippen molar-refractivity contribution in [2.75, 3.05) is 0 Å². The van der Waals surface area contributed by atoms with Crippen LogP contribution in [0.2, 0.25) is 10.0 Å². The minimum Gasteiger partial charge on any atom is -0.347 e. The first-order chi connectivity index (χ1) is 13.1. The Labute approximate surface area is 166 Å². The van der Waals surface area contributed by atoms with Crippen molar-refractivity contribution >= 4 is 45.9 Å². The van der Waals surface area contributed by atoms with Gasteiger partial charge < -0.3 is 4.57 Å². The van der Waals surface area contributed by atoms with Crippen molar-refractivity contribution in [2.24, 2.45) is 0 Å². The lowest BCUT2D eigenvalue weighted by Crippen LogP contribution is -2.21. The lowest BCUT2D eigenvalue weighted by molar-refractivity contribution is -0.125. The Hall–Kier alpha value is -2.30. The SMILES string of the molecule is O=C1NC(=O)[C@H](c2cn3c4c(cccc24)CCC3)[C@H]1c1c(Cl)cccc1Cl. The molecule has 0 aliphatic carbocycles. The van der Waals surface area contributed by atoms with Gasteiger partial charge in [-0.15, -0.1) is 0 Å². The van der Waals surface area contributed by atoms with Gasteiger partial charge in [0, 0.05) is 33.7 Å². The van der Waals surface area contributed by atoms with Crippen LogP contribution in [0.1, 0.15) is 34.9 Å². The highest BCUT2D eigenvalue weighted by atomic mass is 35.5. The van der Waals surface area contributed by atoms with Crippen LogP contribution < -0.4 is 5.32 Å². The number of halogens is 2. The Balaban J connectivity index is 1.74. The van der Waals surface area contributed by atoms with E-state index in [1.54, 1.807) is 18.2 Å². The third kappa shape index (κ3) is 2.43. The van der Waals surface area contributed by atoms with Gasteiger partial charge in [0.2, 0.25) is 11.8 Å². The van der Waals surface area contributed by atoms with Crippen LogP contribution in [0, 0.1) is 0 Å². The third-order valence-electron chi connectivity index (χ3n) is 5.65. The summed E-state index contributed by atoms with van der Waals surface area (Å²) in [5, 5.41) is 4.31. The van der Waals surface area contributed by atoms with Crippen LogP contribution >= 0.6 is 23.2 Å². The Bertz CT molecular complexity index is 1100. The third-order valence-corrected chi connectivity index (χ3v) is 6.31. The molecule has 0 radical (unpaired) electrons. The number of hydrogen-bond acceptors (Lipinski definition) is 2. The molecule has 3 heterocycles. The summed E-state index contributed by atoms with van der Waals surface area (Å²) in [6.45, 7) is 0.910. The zero-order valence-electron chi connectivity index (χ0n) is 14.3. The summed E-state index contributed by atoms with van der Waals surface area (Å²) in [6.07, 6.45) is 4.11. The molecule has 3 aromatic rings. The van der Waals surface area contributed by atoms with Crippen molar-refractivity contribution < 1.29 is 9.59 Å². The Morgan fingerprint density at radius 1 is 0.963 bits per heavy atom. The number of carbonyl (C=O) groups is 2. The van der Waals surface area contributed by atoms with Gasteiger partial charge in [0.05, 0.1) is 17.4 Å². The predicted octanol–water partition coefficient (Wildman–Crippen LogP) is 4.42. The van der Waals surface area contributed by atoms with Crippen molar-refractivity contribution in [3.63, 3.8) is 0 Å². The van der Waals surface area contributed by atoms with E-state index in [4.69, 9.17) is 23.2 Å². The number of hydrogen-bond donors (Lipinski definition) is 1. The summed E-state index contributed by atoms with van der Waals surface area (Å²) >= 11 is 12.8. The molecule has 6 heteroatoms. The number of amides is 2. The van der Waals surface area contributed by atoms with Crippen LogP contribution in [0.15, 0.2) is 42.6 Å². The molecule has 2 atom stereocenters. The van der Waals surface area contributed by atoms with E-state index in [-0.39, 0.29) is 11.8 Å². The molecule has 1 fully saturated rings. The molecule has 2 aromatic carbocycles. The molecular formula is C21H16Cl2N2O2. The number of carbonyl (C=O) groups excluding carboxylic acids is 2. The molecule has 2 aliphatic heterocycles. The van der Waals surface area contributed by atoms with Crippen molar-refractivity contribution in [2.45, 2.75) is 31.2 Å². The van der Waals surface area contributed by atoms with E-state index < -0.39 is 11.8 Å². The molecule has 1 N–H and O–H groups in total. The van der Waals surface area contributed by atoms with Crippen LogP contribution in [0.5, 0.6) is 0 Å². The number of rotatable bonds is 2. The molecule has 0 saturated carbocycles. The Morgan fingerprint density at radius 2 is 1.67 bits per heavy atom. The predicted molar refractivity (Wildman–Crippen MR) is 105 cm³/mol. The van der Waals surface area contributed by atoms with Gasteiger partial charge in [0.25, 0.3) is 0 Å². The molecule has 2 amide bonds. The van der Waals surface area contributed by atoms with Crippen LogP contribution in [0.4, 0.5) is 0 Å². The maximum absolute atomic E-state index is 12.8. The molecule has 27 heavy (non-hydrogen) atoms. The van der Waals surface area contributed by atoms with E-state index in [1.165, 1.54) is 5.56 Å². The quantitative estimate of drug-likeness (QED) is 0.649. The van der Waals surface area contributed by atoms with Crippen molar-refractivity contribution in [1.82, 2.24) is 9.88 Å². The summed E-state index contributed by atoms with van der Waals surface area (Å²) in [7, 11) is 0. The van der Waals surface area contributed by atoms with Gasteiger partial charge in [-0.3, -0.25) is 14.9 Å². The maximum atomic E-state index is 12.8. The van der Waals surface area contributed by atoms with E-state index in [0.717, 1.165) is 35.9 Å². The largest absolute Gasteiger partial charge is 0.347 e. The second-order valence-electron chi connectivity index (χ2n) is 7.14. The number of para-hydroxylation sites is 1. The zero-order chi connectivity index (χ0) is 18.7. The first-order valence-corrected chi connectivity index (χ1v) is 9.71. The number of benzene rings is 2. The molecule has 2 aliphatic rings. The van der Waals surface area contributed by atoms with Gasteiger partial charge >= 0.3 is 0 Å². The summed E-state index contributed by atoms with van der Waals surface area (Å²) in [5.41, 5.74) is 3.82. The average molecular weight is 399 g/mol. The second-order valence-corrected chi connectivity index (χ2v) is 7.95. The van der Waals surface area contributed by atoms with Crippen LogP contribution in [0.25, 0.3) is 10.9 Å². The van der Waals surface area contributed by atoms with E-state index in [9.17, 15) is 9.59 Å². The monoisotopic (exact) mass is 398 g/mol. The van der Waals surface area contributed by atoms with Crippen molar-refractivity contribution in [3.8, 4) is 0 Å². The van der Waals surface area contributed by atoms with E-state index >= 15 is 0 Å². The second kappa shape index (κ2) is 6.11. The minimum atomic E-state index is -0.734. The highest BCUT2D eigenvalue weighted by Gasteiger charge is 2.46. The molecule has 0 unspecified atom stereocenters. The van der Waals surface area contributed by atoms with Gasteiger partial charge in [0.1, 0.15) is 0 Å². The van der Waals surface area contributed by atoms with Gasteiger partial charge in [-0.2, -0.15) is 0 Å². The first kappa shape index (κ1) is 16.8. The van der Waals surface area contributed by atoms with Crippen LogP contribution in [-0.2, 0) is 22.6 Å². The molecule has 0 bridgehead atoms. The summed E-state index contributed by atoms with van der Waals surface area (Å²) in [5.74, 6) is -2.04. The van der Waals surface area contributed by atoms with E-state index in [1.807, 2.05) is 18.3 Å². The van der Waals surface area contributed by atoms with Gasteiger partial charge in [-0.05, 0) is 36.1 Å². The lowest BCUT2D eigenvalue weighted by atomic mass is 9.83. The highest BCUT2D eigenvalue weighted by Crippen LogP contribution is 2.46. The van der Waals surface area contributed by atoms with Gasteiger partial charge in [-0.1, -0.05) is 47.5 Å². The molecule has 1 saturated heterocycles. The van der Waals surface area contributed by atoms with Crippen LogP contribution in [0.3, 0.4) is 0 Å². The normalized spacial score (nSPS) is 21.7. The van der Waals surface area contributed by atoms with Crippen molar-refractivity contribution in [1.29, 1.82) is 0 Å². The fraction of sp³-hybridized carbons (Fsp3) is 0.238. The minimum absolute atomic E-state index is 0.301. The molecule has 0 spiro atoms. The number of imide groups is 1. The van der Waals surface area contributed by atoms with Gasteiger partial charge in [-0.25, -0.2) is 0 Å². The highest BCUT2D eigenvalue weighted by molar-refractivity contribution is 6.37. The standard InChI is InChI=1S/C21H16Cl2N2O2/c22-14-7-2-8-15(23)17(14)18-16(20(26)24-21(18)27)13-10-25-9-3-5-11-4-1-6-12(13)19(11)25/h1-2,4,6-8,10,16,18H,3,5,9H2,(H,24,26,27)/t16-,18+/m1/s1. The Kier molecular flexibility index (Phi) is 3.81. The topological polar surface area (TPSA) is 51.1 Å². The smallest absolute Gasteiger partial charge is 0.235 e. The number of aryl methyl sites for hydroxylation is 2. The zero-order valence-corrected chi connectivity index (χ0v) is 15.8. The molecule has 5 rings (SSSR count). The molecular weight excluding hydrogens is 383 g/mol. The maximum Gasteiger partial charge on any atom is 0.235 e. The average Bonchev–Trinajstić information content (AvgIpc) is 3.14. The summed E-state index contributed by atoms with van der Waals surface area (Å²) < 4.78 is 2.20. The summed E-state index contributed by atoms with van der Waals surface area (Å²) in [6, 6.07) is 11.3. The molecule has 1 aromatic heterocycles. The number of nitrogens with one attached hydrogen (secondary N) is 1. The van der Waals surface area contributed by atoms with E-state index in [2.05, 4.69) is 16.0 Å². The fourth-order valence-electron chi connectivity index (χ4n) is 4.54. The van der Waals surface area contributed by atoms with Gasteiger partial charge in [0.15, 0.2) is 0 Å². The first-order valence-electron chi connectivity index (χ1n) is 8.95. The fourth-order valence-corrected chi connectivity index (χ4v) is 5.17. The number of aromatic nitrogens is 1. The molecule has 4 nitrogen and oxygen atoms in total. The number of nitrogens with zero attached hydrogens (tertiary/aromatic N) is 1. The summed E-state index contributed by atoms with van der Waals surface area (Å²) in [4.78, 5) is 25.5. The van der Waals surface area contributed by atoms with Crippen LogP contribution in [-0.4, -0.2) is 16.4 Å². The van der Waals surface area contributed by atoms with Crippen molar-refractivity contribution in [3.05, 3.63) is 69.3 Å².